The zero-order valence-electron chi connectivity index (χ0n) is 23.5. The van der Waals surface area contributed by atoms with Gasteiger partial charge in [-0.3, -0.25) is 9.36 Å². The molecule has 1 aliphatic rings. The largest absolute Gasteiger partial charge is 0.465 e. The molecule has 2 aromatic heterocycles. The molecule has 0 fully saturated rings. The number of carbonyl (C=O) groups excluding carboxylic acids is 2. The second-order valence-corrected chi connectivity index (χ2v) is 10.9. The van der Waals surface area contributed by atoms with Crippen LogP contribution in [0.15, 0.2) is 86.1 Å². The van der Waals surface area contributed by atoms with Gasteiger partial charge in [-0.15, -0.1) is 0 Å². The first kappa shape index (κ1) is 28.0. The third kappa shape index (κ3) is 5.45. The molecule has 1 aliphatic heterocycles. The number of thiazole rings is 1. The second kappa shape index (κ2) is 11.5. The lowest BCUT2D eigenvalue weighted by atomic mass is 9.93. The fourth-order valence-corrected chi connectivity index (χ4v) is 5.80. The first-order valence-electron chi connectivity index (χ1n) is 13.3. The maximum Gasteiger partial charge on any atom is 0.338 e. The lowest BCUT2D eigenvalue weighted by molar-refractivity contribution is -0.139. The van der Waals surface area contributed by atoms with Crippen LogP contribution in [0.1, 0.15) is 66.9 Å². The van der Waals surface area contributed by atoms with Crippen LogP contribution in [0.5, 0.6) is 0 Å². The summed E-state index contributed by atoms with van der Waals surface area (Å²) in [5, 5.41) is 0. The van der Waals surface area contributed by atoms with Crippen molar-refractivity contribution in [1.82, 2.24) is 4.57 Å². The molecule has 0 spiro atoms. The molecular weight excluding hydrogens is 540 g/mol. The van der Waals surface area contributed by atoms with E-state index in [2.05, 4.69) is 18.8 Å². The summed E-state index contributed by atoms with van der Waals surface area (Å²) in [6, 6.07) is 17.7. The zero-order valence-corrected chi connectivity index (χ0v) is 24.3. The molecule has 0 radical (unpaired) electrons. The van der Waals surface area contributed by atoms with Crippen molar-refractivity contribution < 1.29 is 23.5 Å². The van der Waals surface area contributed by atoms with Gasteiger partial charge in [0.2, 0.25) is 0 Å². The van der Waals surface area contributed by atoms with E-state index >= 15 is 0 Å². The van der Waals surface area contributed by atoms with Crippen molar-refractivity contribution in [3.63, 3.8) is 0 Å². The van der Waals surface area contributed by atoms with Crippen LogP contribution in [0.4, 0.5) is 0 Å². The number of esters is 2. The molecule has 2 aromatic carbocycles. The normalized spacial score (nSPS) is 15.1. The summed E-state index contributed by atoms with van der Waals surface area (Å²) in [5.41, 5.74) is 3.77. The van der Waals surface area contributed by atoms with Gasteiger partial charge in [-0.1, -0.05) is 61.6 Å². The number of aromatic nitrogens is 1. The zero-order chi connectivity index (χ0) is 29.3. The number of nitrogens with zero attached hydrogens (tertiary/aromatic N) is 2. The van der Waals surface area contributed by atoms with Crippen LogP contribution in [-0.4, -0.2) is 30.2 Å². The summed E-state index contributed by atoms with van der Waals surface area (Å²) in [4.78, 5) is 43.8. The third-order valence-corrected chi connectivity index (χ3v) is 7.91. The minimum absolute atomic E-state index is 0.214. The Kier molecular flexibility index (Phi) is 7.90. The van der Waals surface area contributed by atoms with Crippen LogP contribution >= 0.6 is 11.3 Å². The van der Waals surface area contributed by atoms with Gasteiger partial charge in [0.15, 0.2) is 4.80 Å². The lowest BCUT2D eigenvalue weighted by Crippen LogP contribution is -2.39. The van der Waals surface area contributed by atoms with Crippen LogP contribution in [-0.2, 0) is 14.3 Å². The molecule has 8 nitrogen and oxygen atoms in total. The molecular formula is C32H30N2O6S. The predicted octanol–water partition coefficient (Wildman–Crippen LogP) is 4.97. The molecule has 3 heterocycles. The third-order valence-electron chi connectivity index (χ3n) is 6.93. The van der Waals surface area contributed by atoms with Gasteiger partial charge in [0, 0.05) is 11.6 Å². The van der Waals surface area contributed by atoms with Gasteiger partial charge in [0.25, 0.3) is 5.56 Å². The van der Waals surface area contributed by atoms with Crippen LogP contribution < -0.4 is 14.9 Å². The van der Waals surface area contributed by atoms with E-state index in [4.69, 9.17) is 13.9 Å². The molecule has 0 N–H and O–H groups in total. The van der Waals surface area contributed by atoms with Crippen molar-refractivity contribution in [1.29, 1.82) is 0 Å². The predicted molar refractivity (Wildman–Crippen MR) is 156 cm³/mol. The average Bonchev–Trinajstić information content (AvgIpc) is 3.56. The topological polar surface area (TPSA) is 100 Å². The van der Waals surface area contributed by atoms with Crippen LogP contribution in [0.3, 0.4) is 0 Å². The molecule has 0 saturated carbocycles. The highest BCUT2D eigenvalue weighted by atomic mass is 32.1. The van der Waals surface area contributed by atoms with Gasteiger partial charge in [-0.25, -0.2) is 14.6 Å². The van der Waals surface area contributed by atoms with E-state index in [0.717, 1.165) is 16.7 Å². The van der Waals surface area contributed by atoms with E-state index in [9.17, 15) is 14.4 Å². The van der Waals surface area contributed by atoms with E-state index in [1.165, 1.54) is 18.4 Å². The molecule has 9 heteroatoms. The number of hydrogen-bond donors (Lipinski definition) is 0. The molecule has 0 amide bonds. The number of furan rings is 1. The Morgan fingerprint density at radius 2 is 1.76 bits per heavy atom. The van der Waals surface area contributed by atoms with Gasteiger partial charge in [-0.05, 0) is 55.2 Å². The van der Waals surface area contributed by atoms with Crippen molar-refractivity contribution >= 4 is 29.4 Å². The number of fused-ring (bicyclic) bond motifs is 1. The molecule has 0 bridgehead atoms. The Balaban J connectivity index is 1.57. The Labute approximate surface area is 240 Å². The first-order valence-corrected chi connectivity index (χ1v) is 14.1. The summed E-state index contributed by atoms with van der Waals surface area (Å²) in [7, 11) is 1.34. The molecule has 0 aliphatic carbocycles. The van der Waals surface area contributed by atoms with Crippen LogP contribution in [0.25, 0.3) is 17.4 Å². The highest BCUT2D eigenvalue weighted by Gasteiger charge is 2.33. The van der Waals surface area contributed by atoms with Gasteiger partial charge >= 0.3 is 11.9 Å². The SMILES string of the molecule is CCOC(=O)C1=C(C)N=c2s/c(=C\c3ccc(-c4ccc(C(=O)OC)cc4)o3)c(=O)n2[C@H]1c1ccc(C(C)C)cc1. The summed E-state index contributed by atoms with van der Waals surface area (Å²) < 4.78 is 18.1. The Morgan fingerprint density at radius 3 is 2.39 bits per heavy atom. The van der Waals surface area contributed by atoms with Gasteiger partial charge in [0.1, 0.15) is 11.5 Å². The molecule has 210 valence electrons. The molecule has 4 aromatic rings. The fraction of sp³-hybridized carbons (Fsp3) is 0.250. The monoisotopic (exact) mass is 570 g/mol. The standard InChI is InChI=1S/C32H30N2O6S/c1-6-39-31(37)27-19(4)33-32-34(28(27)22-11-7-20(8-12-22)18(2)3)29(35)26(41-32)17-24-15-16-25(40-24)21-9-13-23(14-10-21)30(36)38-5/h7-18,28H,6H2,1-5H3/b26-17-/t28-/m0/s1. The van der Waals surface area contributed by atoms with E-state index in [1.54, 1.807) is 60.9 Å². The van der Waals surface area contributed by atoms with Crippen LogP contribution in [0.2, 0.25) is 0 Å². The first-order chi connectivity index (χ1) is 19.7. The van der Waals surface area contributed by atoms with Crippen molar-refractivity contribution in [2.75, 3.05) is 13.7 Å². The quantitative estimate of drug-likeness (QED) is 0.291. The Hall–Kier alpha value is -4.50. The van der Waals surface area contributed by atoms with Crippen molar-refractivity contribution in [3.8, 4) is 11.3 Å². The molecule has 1 atom stereocenters. The maximum atomic E-state index is 13.8. The number of allylic oxidation sites excluding steroid dienone is 1. The highest BCUT2D eigenvalue weighted by Crippen LogP contribution is 2.31. The number of methoxy groups -OCH3 is 1. The van der Waals surface area contributed by atoms with Crippen molar-refractivity contribution in [3.05, 3.63) is 114 Å². The molecule has 0 unspecified atom stereocenters. The van der Waals surface area contributed by atoms with Crippen molar-refractivity contribution in [2.24, 2.45) is 4.99 Å². The molecule has 5 rings (SSSR count). The number of benzene rings is 2. The minimum Gasteiger partial charge on any atom is -0.465 e. The Bertz CT molecular complexity index is 1820. The smallest absolute Gasteiger partial charge is 0.338 e. The summed E-state index contributed by atoms with van der Waals surface area (Å²) in [6.45, 7) is 7.96. The van der Waals surface area contributed by atoms with Gasteiger partial charge in [-0.2, -0.15) is 0 Å². The number of rotatable bonds is 7. The summed E-state index contributed by atoms with van der Waals surface area (Å²) in [6.07, 6.45) is 1.68. The molecule has 0 saturated heterocycles. The number of hydrogen-bond acceptors (Lipinski definition) is 8. The summed E-state index contributed by atoms with van der Waals surface area (Å²) >= 11 is 1.24. The lowest BCUT2D eigenvalue weighted by Gasteiger charge is -2.25. The minimum atomic E-state index is -0.672. The number of ether oxygens (including phenoxy) is 2. The van der Waals surface area contributed by atoms with Crippen LogP contribution in [0, 0.1) is 0 Å². The average molecular weight is 571 g/mol. The van der Waals surface area contributed by atoms with E-state index in [-0.39, 0.29) is 12.2 Å². The Morgan fingerprint density at radius 1 is 1.05 bits per heavy atom. The summed E-state index contributed by atoms with van der Waals surface area (Å²) in [5.74, 6) is 0.514. The van der Waals surface area contributed by atoms with E-state index in [1.807, 2.05) is 24.3 Å². The molecule has 41 heavy (non-hydrogen) atoms. The number of carbonyl (C=O) groups is 2. The highest BCUT2D eigenvalue weighted by molar-refractivity contribution is 7.07. The van der Waals surface area contributed by atoms with Crippen molar-refractivity contribution in [2.45, 2.75) is 39.7 Å². The van der Waals surface area contributed by atoms with E-state index in [0.29, 0.717) is 43.6 Å². The second-order valence-electron chi connectivity index (χ2n) is 9.89. The maximum absolute atomic E-state index is 13.8. The van der Waals surface area contributed by atoms with Gasteiger partial charge < -0.3 is 13.9 Å². The van der Waals surface area contributed by atoms with E-state index < -0.39 is 18.0 Å². The fourth-order valence-electron chi connectivity index (χ4n) is 4.77. The van der Waals surface area contributed by atoms with Gasteiger partial charge in [0.05, 0.1) is 41.1 Å².